The molecule has 0 saturated heterocycles. The first-order chi connectivity index (χ1) is 9.15. The van der Waals surface area contributed by atoms with Crippen LogP contribution in [0.1, 0.15) is 37.8 Å². The van der Waals surface area contributed by atoms with Gasteiger partial charge >= 0.3 is 0 Å². The van der Waals surface area contributed by atoms with Crippen molar-refractivity contribution < 1.29 is 9.53 Å². The van der Waals surface area contributed by atoms with Gasteiger partial charge in [-0.3, -0.25) is 4.79 Å². The minimum Gasteiger partial charge on any atom is -0.484 e. The van der Waals surface area contributed by atoms with Crippen molar-refractivity contribution in [3.05, 3.63) is 29.3 Å². The zero-order valence-electron chi connectivity index (χ0n) is 11.9. The molecule has 0 saturated carbocycles. The van der Waals surface area contributed by atoms with E-state index in [1.165, 1.54) is 24.0 Å². The van der Waals surface area contributed by atoms with Crippen LogP contribution in [-0.2, 0) is 17.6 Å². The van der Waals surface area contributed by atoms with Crippen molar-refractivity contribution in [2.45, 2.75) is 39.5 Å². The Kier molecular flexibility index (Phi) is 4.83. The third-order valence-corrected chi connectivity index (χ3v) is 3.48. The van der Waals surface area contributed by atoms with Crippen LogP contribution in [0.15, 0.2) is 18.2 Å². The number of fused-ring (bicyclic) bond motifs is 1. The van der Waals surface area contributed by atoms with E-state index in [0.29, 0.717) is 5.92 Å². The van der Waals surface area contributed by atoms with Gasteiger partial charge in [-0.2, -0.15) is 0 Å². The third-order valence-electron chi connectivity index (χ3n) is 3.48. The van der Waals surface area contributed by atoms with Gasteiger partial charge < -0.3 is 10.1 Å². The molecule has 1 aliphatic rings. The lowest BCUT2D eigenvalue weighted by Gasteiger charge is -2.09. The summed E-state index contributed by atoms with van der Waals surface area (Å²) in [5.41, 5.74) is 2.80. The minimum atomic E-state index is -0.0406. The van der Waals surface area contributed by atoms with E-state index in [0.717, 1.165) is 25.1 Å². The van der Waals surface area contributed by atoms with Crippen molar-refractivity contribution in [1.29, 1.82) is 0 Å². The second-order valence-electron chi connectivity index (χ2n) is 5.61. The average molecular weight is 261 g/mol. The molecule has 19 heavy (non-hydrogen) atoms. The molecule has 3 heteroatoms. The highest BCUT2D eigenvalue weighted by atomic mass is 16.5. The van der Waals surface area contributed by atoms with E-state index < -0.39 is 0 Å². The van der Waals surface area contributed by atoms with Gasteiger partial charge in [0.25, 0.3) is 5.91 Å². The second-order valence-corrected chi connectivity index (χ2v) is 5.61. The third kappa shape index (κ3) is 4.27. The molecule has 104 valence electrons. The van der Waals surface area contributed by atoms with Crippen molar-refractivity contribution in [3.63, 3.8) is 0 Å². The fourth-order valence-corrected chi connectivity index (χ4v) is 2.34. The van der Waals surface area contributed by atoms with E-state index in [2.05, 4.69) is 31.3 Å². The molecule has 0 bridgehead atoms. The Hall–Kier alpha value is -1.51. The standard InChI is InChI=1S/C16H23NO2/c1-12(2)8-9-17-16(18)11-19-15-7-6-13-4-3-5-14(13)10-15/h6-7,10,12H,3-5,8-9,11H2,1-2H3,(H,17,18). The highest BCUT2D eigenvalue weighted by Crippen LogP contribution is 2.25. The van der Waals surface area contributed by atoms with Crippen LogP contribution in [0.25, 0.3) is 0 Å². The number of benzene rings is 1. The number of rotatable bonds is 6. The fourth-order valence-electron chi connectivity index (χ4n) is 2.34. The first-order valence-corrected chi connectivity index (χ1v) is 7.16. The lowest BCUT2D eigenvalue weighted by Crippen LogP contribution is -2.30. The van der Waals surface area contributed by atoms with Crippen LogP contribution in [0.4, 0.5) is 0 Å². The number of hydrogen-bond acceptors (Lipinski definition) is 2. The summed E-state index contributed by atoms with van der Waals surface area (Å²) >= 11 is 0. The SMILES string of the molecule is CC(C)CCNC(=O)COc1ccc2c(c1)CCC2. The highest BCUT2D eigenvalue weighted by molar-refractivity contribution is 5.77. The summed E-state index contributed by atoms with van der Waals surface area (Å²) in [5.74, 6) is 1.37. The molecule has 3 nitrogen and oxygen atoms in total. The van der Waals surface area contributed by atoms with E-state index in [9.17, 15) is 4.79 Å². The maximum atomic E-state index is 11.6. The number of hydrogen-bond donors (Lipinski definition) is 1. The predicted molar refractivity (Wildman–Crippen MR) is 76.4 cm³/mol. The van der Waals surface area contributed by atoms with Gasteiger partial charge in [0.2, 0.25) is 0 Å². The molecule has 0 radical (unpaired) electrons. The van der Waals surface area contributed by atoms with Crippen LogP contribution in [0.3, 0.4) is 0 Å². The molecule has 0 fully saturated rings. The fraction of sp³-hybridized carbons (Fsp3) is 0.562. The summed E-state index contributed by atoms with van der Waals surface area (Å²) in [6.07, 6.45) is 4.54. The quantitative estimate of drug-likeness (QED) is 0.855. The zero-order valence-corrected chi connectivity index (χ0v) is 11.9. The molecule has 0 spiro atoms. The Labute approximate surface area is 115 Å². The van der Waals surface area contributed by atoms with Crippen molar-refractivity contribution in [3.8, 4) is 5.75 Å². The van der Waals surface area contributed by atoms with Gasteiger partial charge in [-0.1, -0.05) is 19.9 Å². The van der Waals surface area contributed by atoms with E-state index in [1.807, 2.05) is 6.07 Å². The normalized spacial score (nSPS) is 13.4. The van der Waals surface area contributed by atoms with E-state index >= 15 is 0 Å². The van der Waals surface area contributed by atoms with Gasteiger partial charge in [-0.15, -0.1) is 0 Å². The van der Waals surface area contributed by atoms with E-state index in [-0.39, 0.29) is 12.5 Å². The lowest BCUT2D eigenvalue weighted by molar-refractivity contribution is -0.123. The smallest absolute Gasteiger partial charge is 0.257 e. The maximum absolute atomic E-state index is 11.6. The first kappa shape index (κ1) is 13.9. The molecule has 0 heterocycles. The maximum Gasteiger partial charge on any atom is 0.257 e. The molecule has 1 aromatic carbocycles. The van der Waals surface area contributed by atoms with Gasteiger partial charge in [0.15, 0.2) is 6.61 Å². The summed E-state index contributed by atoms with van der Waals surface area (Å²) in [4.78, 5) is 11.6. The van der Waals surface area contributed by atoms with Gasteiger partial charge in [0.1, 0.15) is 5.75 Å². The van der Waals surface area contributed by atoms with Crippen LogP contribution in [-0.4, -0.2) is 19.1 Å². The van der Waals surface area contributed by atoms with Gasteiger partial charge in [0, 0.05) is 6.54 Å². The predicted octanol–water partition coefficient (Wildman–Crippen LogP) is 2.72. The number of aryl methyl sites for hydroxylation is 2. The first-order valence-electron chi connectivity index (χ1n) is 7.16. The Bertz CT molecular complexity index is 440. The largest absolute Gasteiger partial charge is 0.484 e. The molecule has 1 aliphatic carbocycles. The molecular formula is C16H23NO2. The zero-order chi connectivity index (χ0) is 13.7. The molecule has 2 rings (SSSR count). The van der Waals surface area contributed by atoms with Gasteiger partial charge in [0.05, 0.1) is 0 Å². The van der Waals surface area contributed by atoms with Crippen molar-refractivity contribution in [1.82, 2.24) is 5.32 Å². The van der Waals surface area contributed by atoms with Crippen LogP contribution < -0.4 is 10.1 Å². The summed E-state index contributed by atoms with van der Waals surface area (Å²) in [6.45, 7) is 5.13. The molecule has 0 aliphatic heterocycles. The van der Waals surface area contributed by atoms with E-state index in [4.69, 9.17) is 4.74 Å². The summed E-state index contributed by atoms with van der Waals surface area (Å²) < 4.78 is 5.54. The molecule has 1 N–H and O–H groups in total. The Morgan fingerprint density at radius 2 is 2.11 bits per heavy atom. The Morgan fingerprint density at radius 3 is 2.89 bits per heavy atom. The minimum absolute atomic E-state index is 0.0406. The van der Waals surface area contributed by atoms with E-state index in [1.54, 1.807) is 0 Å². The monoisotopic (exact) mass is 261 g/mol. The van der Waals surface area contributed by atoms with Crippen LogP contribution in [0.5, 0.6) is 5.75 Å². The Balaban J connectivity index is 1.74. The number of amides is 1. The van der Waals surface area contributed by atoms with Crippen LogP contribution in [0.2, 0.25) is 0 Å². The van der Waals surface area contributed by atoms with Crippen LogP contribution >= 0.6 is 0 Å². The summed E-state index contributed by atoms with van der Waals surface area (Å²) in [6, 6.07) is 6.16. The number of nitrogens with one attached hydrogen (secondary N) is 1. The number of ether oxygens (including phenoxy) is 1. The molecule has 0 atom stereocenters. The summed E-state index contributed by atoms with van der Waals surface area (Å²) in [5, 5.41) is 2.87. The number of carbonyl (C=O) groups is 1. The van der Waals surface area contributed by atoms with Crippen molar-refractivity contribution >= 4 is 5.91 Å². The van der Waals surface area contributed by atoms with Crippen LogP contribution in [0, 0.1) is 5.92 Å². The topological polar surface area (TPSA) is 38.3 Å². The van der Waals surface area contributed by atoms with Crippen molar-refractivity contribution in [2.75, 3.05) is 13.2 Å². The summed E-state index contributed by atoms with van der Waals surface area (Å²) in [7, 11) is 0. The highest BCUT2D eigenvalue weighted by Gasteiger charge is 2.11. The van der Waals surface area contributed by atoms with Gasteiger partial charge in [-0.05, 0) is 54.9 Å². The molecule has 0 unspecified atom stereocenters. The van der Waals surface area contributed by atoms with Crippen molar-refractivity contribution in [2.24, 2.45) is 5.92 Å². The van der Waals surface area contributed by atoms with Gasteiger partial charge in [-0.25, -0.2) is 0 Å². The Morgan fingerprint density at radius 1 is 1.32 bits per heavy atom. The average Bonchev–Trinajstić information content (AvgIpc) is 2.83. The lowest BCUT2D eigenvalue weighted by atomic mass is 10.1. The molecular weight excluding hydrogens is 238 g/mol. The molecule has 1 aromatic rings. The second kappa shape index (κ2) is 6.60. The number of carbonyl (C=O) groups excluding carboxylic acids is 1. The molecule has 0 aromatic heterocycles. The molecule has 1 amide bonds.